The lowest BCUT2D eigenvalue weighted by atomic mass is 9.92. The third kappa shape index (κ3) is 5.29. The maximum absolute atomic E-state index is 11.8. The van der Waals surface area contributed by atoms with Crippen molar-refractivity contribution in [2.75, 3.05) is 37.4 Å². The minimum absolute atomic E-state index is 0.461. The van der Waals surface area contributed by atoms with Crippen LogP contribution in [0.4, 0.5) is 5.69 Å². The predicted octanol–water partition coefficient (Wildman–Crippen LogP) is 2.87. The SMILES string of the molecule is CS(=O)(=O)N1CCc2cc(OCCCC3CCN(c4cncnc4)CC3)ccc2C1. The van der Waals surface area contributed by atoms with Crippen LogP contribution >= 0.6 is 0 Å². The van der Waals surface area contributed by atoms with Crippen molar-refractivity contribution in [3.8, 4) is 5.75 Å². The van der Waals surface area contributed by atoms with E-state index in [9.17, 15) is 8.42 Å². The summed E-state index contributed by atoms with van der Waals surface area (Å²) >= 11 is 0. The molecule has 2 aromatic rings. The van der Waals surface area contributed by atoms with Crippen LogP contribution in [-0.4, -0.2) is 55.2 Å². The molecule has 0 unspecified atom stereocenters. The Labute approximate surface area is 179 Å². The molecule has 0 atom stereocenters. The minimum Gasteiger partial charge on any atom is -0.494 e. The summed E-state index contributed by atoms with van der Waals surface area (Å²) in [6.45, 7) is 3.86. The normalized spacial score (nSPS) is 18.2. The van der Waals surface area contributed by atoms with E-state index < -0.39 is 10.0 Å². The topological polar surface area (TPSA) is 75.6 Å². The number of ether oxygens (including phenoxy) is 1. The van der Waals surface area contributed by atoms with Crippen LogP contribution in [-0.2, 0) is 23.0 Å². The molecule has 2 aliphatic rings. The molecule has 1 fully saturated rings. The smallest absolute Gasteiger partial charge is 0.211 e. The lowest BCUT2D eigenvalue weighted by molar-refractivity contribution is 0.278. The molecule has 3 heterocycles. The van der Waals surface area contributed by atoms with Gasteiger partial charge < -0.3 is 9.64 Å². The fraction of sp³-hybridized carbons (Fsp3) is 0.545. The van der Waals surface area contributed by atoms with E-state index in [0.717, 1.165) is 55.5 Å². The molecule has 30 heavy (non-hydrogen) atoms. The molecule has 7 nitrogen and oxygen atoms in total. The van der Waals surface area contributed by atoms with E-state index in [1.54, 1.807) is 6.33 Å². The zero-order chi connectivity index (χ0) is 21.0. The molecule has 2 aliphatic heterocycles. The van der Waals surface area contributed by atoms with Crippen LogP contribution in [0, 0.1) is 5.92 Å². The van der Waals surface area contributed by atoms with Crippen molar-refractivity contribution in [1.29, 1.82) is 0 Å². The number of piperidine rings is 1. The highest BCUT2D eigenvalue weighted by Crippen LogP contribution is 2.27. The van der Waals surface area contributed by atoms with E-state index in [2.05, 4.69) is 20.9 Å². The Hall–Kier alpha value is -2.19. The minimum atomic E-state index is -3.13. The van der Waals surface area contributed by atoms with Crippen molar-refractivity contribution >= 4 is 15.7 Å². The molecule has 0 spiro atoms. The molecule has 0 amide bonds. The van der Waals surface area contributed by atoms with Gasteiger partial charge in [-0.05, 0) is 61.3 Å². The molecule has 0 saturated carbocycles. The molecule has 162 valence electrons. The number of fused-ring (bicyclic) bond motifs is 1. The summed E-state index contributed by atoms with van der Waals surface area (Å²) in [7, 11) is -3.13. The van der Waals surface area contributed by atoms with Crippen LogP contribution in [0.5, 0.6) is 5.75 Å². The molecule has 0 N–H and O–H groups in total. The van der Waals surface area contributed by atoms with Gasteiger partial charge in [-0.2, -0.15) is 4.31 Å². The van der Waals surface area contributed by atoms with E-state index in [-0.39, 0.29) is 0 Å². The summed E-state index contributed by atoms with van der Waals surface area (Å²) in [4.78, 5) is 10.6. The Morgan fingerprint density at radius 1 is 1.10 bits per heavy atom. The number of benzene rings is 1. The van der Waals surface area contributed by atoms with E-state index >= 15 is 0 Å². The van der Waals surface area contributed by atoms with E-state index in [4.69, 9.17) is 4.74 Å². The van der Waals surface area contributed by atoms with Gasteiger partial charge in [0.05, 0.1) is 30.9 Å². The van der Waals surface area contributed by atoms with Crippen molar-refractivity contribution in [3.63, 3.8) is 0 Å². The molecular weight excluding hydrogens is 400 g/mol. The highest BCUT2D eigenvalue weighted by molar-refractivity contribution is 7.88. The lowest BCUT2D eigenvalue weighted by Gasteiger charge is -2.33. The second-order valence-electron chi connectivity index (χ2n) is 8.29. The van der Waals surface area contributed by atoms with Gasteiger partial charge in [0, 0.05) is 26.2 Å². The van der Waals surface area contributed by atoms with E-state index in [1.165, 1.54) is 35.4 Å². The van der Waals surface area contributed by atoms with Gasteiger partial charge >= 0.3 is 0 Å². The average molecular weight is 431 g/mol. The zero-order valence-electron chi connectivity index (χ0n) is 17.5. The standard InChI is InChI=1S/C22H30N4O3S/c1-30(27,28)26-11-8-19-13-22(5-4-20(19)16-26)29-12-2-3-18-6-9-25(10-7-18)21-14-23-17-24-15-21/h4-5,13-15,17-18H,2-3,6-12,16H2,1H3. The second-order valence-corrected chi connectivity index (χ2v) is 10.3. The van der Waals surface area contributed by atoms with Gasteiger partial charge in [0.1, 0.15) is 12.1 Å². The van der Waals surface area contributed by atoms with Crippen molar-refractivity contribution in [2.24, 2.45) is 5.92 Å². The summed E-state index contributed by atoms with van der Waals surface area (Å²) in [5.41, 5.74) is 3.39. The van der Waals surface area contributed by atoms with Crippen molar-refractivity contribution in [1.82, 2.24) is 14.3 Å². The highest BCUT2D eigenvalue weighted by atomic mass is 32.2. The maximum atomic E-state index is 11.8. The van der Waals surface area contributed by atoms with Gasteiger partial charge in [-0.25, -0.2) is 18.4 Å². The van der Waals surface area contributed by atoms with Crippen LogP contribution < -0.4 is 9.64 Å². The van der Waals surface area contributed by atoms with Gasteiger partial charge in [-0.15, -0.1) is 0 Å². The monoisotopic (exact) mass is 430 g/mol. The number of aromatic nitrogens is 2. The number of sulfonamides is 1. The van der Waals surface area contributed by atoms with Crippen LogP contribution in [0.2, 0.25) is 0 Å². The molecule has 1 aromatic heterocycles. The number of hydrogen-bond donors (Lipinski definition) is 0. The van der Waals surface area contributed by atoms with Gasteiger partial charge in [0.15, 0.2) is 0 Å². The van der Waals surface area contributed by atoms with Crippen molar-refractivity contribution < 1.29 is 13.2 Å². The van der Waals surface area contributed by atoms with Crippen LogP contribution in [0.1, 0.15) is 36.8 Å². The fourth-order valence-electron chi connectivity index (χ4n) is 4.37. The number of rotatable bonds is 7. The van der Waals surface area contributed by atoms with Gasteiger partial charge in [-0.3, -0.25) is 0 Å². The first-order chi connectivity index (χ1) is 14.5. The van der Waals surface area contributed by atoms with Crippen LogP contribution in [0.25, 0.3) is 0 Å². The molecule has 0 aliphatic carbocycles. The Balaban J connectivity index is 1.19. The number of anilines is 1. The highest BCUT2D eigenvalue weighted by Gasteiger charge is 2.23. The first-order valence-electron chi connectivity index (χ1n) is 10.7. The largest absolute Gasteiger partial charge is 0.494 e. The van der Waals surface area contributed by atoms with E-state index in [1.807, 2.05) is 24.5 Å². The summed E-state index contributed by atoms with van der Waals surface area (Å²) in [5.74, 6) is 1.64. The maximum Gasteiger partial charge on any atom is 0.211 e. The first-order valence-corrected chi connectivity index (χ1v) is 12.5. The second kappa shape index (κ2) is 9.31. The quantitative estimate of drug-likeness (QED) is 0.629. The number of hydrogen-bond acceptors (Lipinski definition) is 6. The predicted molar refractivity (Wildman–Crippen MR) is 117 cm³/mol. The lowest BCUT2D eigenvalue weighted by Crippen LogP contribution is -2.35. The molecule has 1 saturated heterocycles. The van der Waals surface area contributed by atoms with Crippen molar-refractivity contribution in [2.45, 2.75) is 38.6 Å². The Morgan fingerprint density at radius 3 is 2.60 bits per heavy atom. The molecule has 0 radical (unpaired) electrons. The third-order valence-corrected chi connectivity index (χ3v) is 7.43. The summed E-state index contributed by atoms with van der Waals surface area (Å²) in [5, 5.41) is 0. The molecule has 0 bridgehead atoms. The zero-order valence-corrected chi connectivity index (χ0v) is 18.4. The van der Waals surface area contributed by atoms with Gasteiger partial charge in [-0.1, -0.05) is 6.07 Å². The van der Waals surface area contributed by atoms with Crippen LogP contribution in [0.3, 0.4) is 0 Å². The van der Waals surface area contributed by atoms with Gasteiger partial charge in [0.25, 0.3) is 0 Å². The Morgan fingerprint density at radius 2 is 1.87 bits per heavy atom. The Kier molecular flexibility index (Phi) is 6.53. The van der Waals surface area contributed by atoms with E-state index in [0.29, 0.717) is 13.1 Å². The third-order valence-electron chi connectivity index (χ3n) is 6.18. The van der Waals surface area contributed by atoms with Gasteiger partial charge in [0.2, 0.25) is 10.0 Å². The first kappa shape index (κ1) is 21.1. The summed E-state index contributed by atoms with van der Waals surface area (Å²) in [6.07, 6.45) is 12.0. The molecule has 4 rings (SSSR count). The summed E-state index contributed by atoms with van der Waals surface area (Å²) in [6, 6.07) is 6.05. The average Bonchev–Trinajstić information content (AvgIpc) is 2.77. The molecule has 8 heteroatoms. The molecular formula is C22H30N4O3S. The van der Waals surface area contributed by atoms with Crippen molar-refractivity contribution in [3.05, 3.63) is 48.0 Å². The fourth-order valence-corrected chi connectivity index (χ4v) is 5.17. The van der Waals surface area contributed by atoms with Crippen LogP contribution in [0.15, 0.2) is 36.9 Å². The molecule has 1 aromatic carbocycles. The summed E-state index contributed by atoms with van der Waals surface area (Å²) < 4.78 is 31.0. The number of nitrogens with zero attached hydrogens (tertiary/aromatic N) is 4. The Bertz CT molecular complexity index is 944.